The fraction of sp³-hybridized carbons (Fsp3) is 0.778. The van der Waals surface area contributed by atoms with E-state index in [1.807, 2.05) is 52.5 Å². The Morgan fingerprint density at radius 1 is 0.804 bits per heavy atom. The summed E-state index contributed by atoms with van der Waals surface area (Å²) in [5.74, 6) is 0.798. The molecule has 10 heteroatoms. The normalized spacial score (nSPS) is 17.9. The number of benzene rings is 1. The predicted molar refractivity (Wildman–Crippen MR) is 180 cm³/mol. The number of amides is 2. The van der Waals surface area contributed by atoms with E-state index in [0.717, 1.165) is 44.6 Å². The molecule has 46 heavy (non-hydrogen) atoms. The van der Waals surface area contributed by atoms with Crippen LogP contribution in [-0.2, 0) is 25.5 Å². The molecule has 3 rings (SSSR count). The molecule has 1 aliphatic heterocycles. The summed E-state index contributed by atoms with van der Waals surface area (Å²) in [6.45, 7) is 17.6. The van der Waals surface area contributed by atoms with E-state index in [0.29, 0.717) is 44.7 Å². The summed E-state index contributed by atoms with van der Waals surface area (Å²) >= 11 is 0. The van der Waals surface area contributed by atoms with Gasteiger partial charge in [0.1, 0.15) is 17.0 Å². The molecule has 1 aromatic rings. The number of carbonyl (C=O) groups excluding carboxylic acids is 2. The lowest BCUT2D eigenvalue weighted by Crippen LogP contribution is -2.45. The molecule has 2 amide bonds. The molecule has 1 unspecified atom stereocenters. The van der Waals surface area contributed by atoms with Crippen LogP contribution in [0.2, 0.25) is 0 Å². The number of piperidine rings is 1. The summed E-state index contributed by atoms with van der Waals surface area (Å²) in [6.07, 6.45) is 8.02. The number of hydrogen-bond acceptors (Lipinski definition) is 7. The van der Waals surface area contributed by atoms with Gasteiger partial charge < -0.3 is 28.7 Å². The van der Waals surface area contributed by atoms with E-state index >= 15 is 0 Å². The Morgan fingerprint density at radius 3 is 1.83 bits per heavy atom. The SMILES string of the molecule is COCCN(CC1CCCCC1)C(=O)OC(C)(C)C.COCCN(CC1CCCN(Cc2cccc(F)c2)C1)C(=O)OC(C)(C)C. The van der Waals surface area contributed by atoms with E-state index in [-0.39, 0.29) is 18.0 Å². The molecule has 1 saturated carbocycles. The van der Waals surface area contributed by atoms with Crippen molar-refractivity contribution >= 4 is 12.2 Å². The summed E-state index contributed by atoms with van der Waals surface area (Å²) < 4.78 is 34.7. The van der Waals surface area contributed by atoms with Crippen LogP contribution in [0.1, 0.15) is 92.1 Å². The maximum absolute atomic E-state index is 13.4. The third-order valence-electron chi connectivity index (χ3n) is 8.01. The molecular weight excluding hydrogens is 589 g/mol. The van der Waals surface area contributed by atoms with Gasteiger partial charge in [-0.1, -0.05) is 31.4 Å². The maximum atomic E-state index is 13.4. The molecule has 1 heterocycles. The monoisotopic (exact) mass is 651 g/mol. The van der Waals surface area contributed by atoms with Gasteiger partial charge in [0.25, 0.3) is 0 Å². The number of ether oxygens (including phenoxy) is 4. The molecule has 264 valence electrons. The highest BCUT2D eigenvalue weighted by molar-refractivity contribution is 5.68. The molecular formula is C36H62FN3O6. The van der Waals surface area contributed by atoms with Gasteiger partial charge in [0.2, 0.25) is 0 Å². The van der Waals surface area contributed by atoms with Crippen molar-refractivity contribution in [2.24, 2.45) is 11.8 Å². The average Bonchev–Trinajstić information content (AvgIpc) is 2.96. The van der Waals surface area contributed by atoms with Crippen LogP contribution in [0, 0.1) is 17.7 Å². The Hall–Kier alpha value is -2.43. The lowest BCUT2D eigenvalue weighted by molar-refractivity contribution is 0.0130. The Labute approximate surface area is 278 Å². The van der Waals surface area contributed by atoms with Crippen LogP contribution in [0.5, 0.6) is 0 Å². The number of nitrogens with zero attached hydrogens (tertiary/aromatic N) is 3. The number of halogens is 1. The van der Waals surface area contributed by atoms with Crippen LogP contribution in [0.4, 0.5) is 14.0 Å². The van der Waals surface area contributed by atoms with Gasteiger partial charge in [-0.3, -0.25) is 4.90 Å². The molecule has 1 atom stereocenters. The first-order valence-electron chi connectivity index (χ1n) is 17.1. The summed E-state index contributed by atoms with van der Waals surface area (Å²) in [5, 5.41) is 0. The molecule has 1 aromatic carbocycles. The van der Waals surface area contributed by atoms with E-state index in [4.69, 9.17) is 18.9 Å². The summed E-state index contributed by atoms with van der Waals surface area (Å²) in [5.41, 5.74) is 0.0342. The lowest BCUT2D eigenvalue weighted by Gasteiger charge is -2.36. The van der Waals surface area contributed by atoms with Gasteiger partial charge in [0.15, 0.2) is 0 Å². The summed E-state index contributed by atoms with van der Waals surface area (Å²) in [7, 11) is 3.29. The summed E-state index contributed by atoms with van der Waals surface area (Å²) in [4.78, 5) is 30.6. The van der Waals surface area contributed by atoms with E-state index in [1.54, 1.807) is 31.3 Å². The fourth-order valence-corrected chi connectivity index (χ4v) is 5.90. The maximum Gasteiger partial charge on any atom is 0.410 e. The number of hydrogen-bond donors (Lipinski definition) is 0. The smallest absolute Gasteiger partial charge is 0.410 e. The molecule has 2 fully saturated rings. The molecule has 0 aromatic heterocycles. The van der Waals surface area contributed by atoms with Crippen molar-refractivity contribution in [1.29, 1.82) is 0 Å². The van der Waals surface area contributed by atoms with Crippen LogP contribution < -0.4 is 0 Å². The number of methoxy groups -OCH3 is 2. The Bertz CT molecular complexity index is 1020. The highest BCUT2D eigenvalue weighted by Gasteiger charge is 2.28. The minimum absolute atomic E-state index is 0.197. The van der Waals surface area contributed by atoms with Gasteiger partial charge in [-0.05, 0) is 103 Å². The highest BCUT2D eigenvalue weighted by Crippen LogP contribution is 2.25. The number of rotatable bonds is 12. The predicted octanol–water partition coefficient (Wildman–Crippen LogP) is 7.37. The van der Waals surface area contributed by atoms with E-state index in [1.165, 1.54) is 38.2 Å². The van der Waals surface area contributed by atoms with Crippen LogP contribution >= 0.6 is 0 Å². The van der Waals surface area contributed by atoms with Gasteiger partial charge >= 0.3 is 12.2 Å². The molecule has 1 saturated heterocycles. The quantitative estimate of drug-likeness (QED) is 0.233. The van der Waals surface area contributed by atoms with Crippen molar-refractivity contribution in [3.8, 4) is 0 Å². The zero-order valence-electron chi connectivity index (χ0n) is 29.9. The zero-order valence-corrected chi connectivity index (χ0v) is 29.9. The second kappa shape index (κ2) is 20.1. The Morgan fingerprint density at radius 2 is 1.33 bits per heavy atom. The van der Waals surface area contributed by atoms with Crippen molar-refractivity contribution in [1.82, 2.24) is 14.7 Å². The van der Waals surface area contributed by atoms with Gasteiger partial charge in [-0.15, -0.1) is 0 Å². The van der Waals surface area contributed by atoms with Crippen LogP contribution in [0.3, 0.4) is 0 Å². The molecule has 9 nitrogen and oxygen atoms in total. The summed E-state index contributed by atoms with van der Waals surface area (Å²) in [6, 6.07) is 6.77. The average molecular weight is 652 g/mol. The second-order valence-corrected chi connectivity index (χ2v) is 14.7. The molecule has 0 bridgehead atoms. The van der Waals surface area contributed by atoms with Gasteiger partial charge in [-0.2, -0.15) is 0 Å². The van der Waals surface area contributed by atoms with Crippen molar-refractivity contribution in [3.63, 3.8) is 0 Å². The van der Waals surface area contributed by atoms with Gasteiger partial charge in [0, 0.05) is 53.5 Å². The van der Waals surface area contributed by atoms with Crippen LogP contribution in [0.15, 0.2) is 24.3 Å². The molecule has 0 spiro atoms. The second-order valence-electron chi connectivity index (χ2n) is 14.7. The van der Waals surface area contributed by atoms with Crippen LogP contribution in [-0.4, -0.2) is 105 Å². The fourth-order valence-electron chi connectivity index (χ4n) is 5.90. The molecule has 1 aliphatic carbocycles. The van der Waals surface area contributed by atoms with Gasteiger partial charge in [-0.25, -0.2) is 14.0 Å². The standard InChI is InChI=1S/C21H33FN2O3.C15H29NO3/c1-21(2,3)27-20(25)24(11-12-26-4)16-18-8-6-10-23(15-18)14-17-7-5-9-19(22)13-17;1-15(2,3)19-14(17)16(10-11-18-4)12-13-8-6-5-7-9-13/h5,7,9,13,18H,6,8,10-12,14-16H2,1-4H3;13H,5-12H2,1-4H3. The Balaban J connectivity index is 0.000000341. The van der Waals surface area contributed by atoms with Crippen LogP contribution in [0.25, 0.3) is 0 Å². The Kier molecular flexibility index (Phi) is 17.3. The highest BCUT2D eigenvalue weighted by atomic mass is 19.1. The first kappa shape index (κ1) is 39.7. The molecule has 2 aliphatic rings. The topological polar surface area (TPSA) is 80.8 Å². The first-order chi connectivity index (χ1) is 21.7. The van der Waals surface area contributed by atoms with E-state index < -0.39 is 11.2 Å². The van der Waals surface area contributed by atoms with Crippen molar-refractivity contribution < 1.29 is 32.9 Å². The molecule has 0 N–H and O–H groups in total. The van der Waals surface area contributed by atoms with Crippen molar-refractivity contribution in [3.05, 3.63) is 35.6 Å². The van der Waals surface area contributed by atoms with Crippen molar-refractivity contribution in [2.75, 3.05) is 66.7 Å². The van der Waals surface area contributed by atoms with E-state index in [2.05, 4.69) is 4.90 Å². The number of likely N-dealkylation sites (tertiary alicyclic amines) is 1. The van der Waals surface area contributed by atoms with Crippen molar-refractivity contribution in [2.45, 2.75) is 104 Å². The minimum atomic E-state index is -0.515. The number of carbonyl (C=O) groups is 2. The lowest BCUT2D eigenvalue weighted by atomic mass is 9.89. The zero-order chi connectivity index (χ0) is 34.2. The van der Waals surface area contributed by atoms with Gasteiger partial charge in [0.05, 0.1) is 13.2 Å². The third kappa shape index (κ3) is 16.9. The first-order valence-corrected chi connectivity index (χ1v) is 17.1. The van der Waals surface area contributed by atoms with E-state index in [9.17, 15) is 14.0 Å². The third-order valence-corrected chi connectivity index (χ3v) is 8.01. The molecule has 0 radical (unpaired) electrons. The largest absolute Gasteiger partial charge is 0.444 e. The minimum Gasteiger partial charge on any atom is -0.444 e.